The molecule has 2 unspecified atom stereocenters. The lowest BCUT2D eigenvalue weighted by atomic mass is 9.89. The molecular weight excluding hydrogens is 182 g/mol. The Labute approximate surface area is 93.9 Å². The van der Waals surface area contributed by atoms with Gasteiger partial charge >= 0.3 is 0 Å². The molecule has 1 heteroatoms. The Hall–Kier alpha value is -0.820. The summed E-state index contributed by atoms with van der Waals surface area (Å²) in [6, 6.07) is 10.8. The molecule has 1 rings (SSSR count). The number of hydrogen-bond acceptors (Lipinski definition) is 1. The lowest BCUT2D eigenvalue weighted by Crippen LogP contribution is -2.24. The molecule has 0 heterocycles. The molecule has 0 amide bonds. The third kappa shape index (κ3) is 4.05. The van der Waals surface area contributed by atoms with Crippen molar-refractivity contribution in [2.75, 3.05) is 13.1 Å². The van der Waals surface area contributed by atoms with Gasteiger partial charge in [0, 0.05) is 0 Å². The molecule has 0 aliphatic carbocycles. The Morgan fingerprint density at radius 3 is 2.40 bits per heavy atom. The third-order valence-corrected chi connectivity index (χ3v) is 3.07. The van der Waals surface area contributed by atoms with Crippen molar-refractivity contribution in [1.82, 2.24) is 5.32 Å². The molecule has 1 aromatic carbocycles. The molecule has 0 spiro atoms. The number of hydrogen-bond donors (Lipinski definition) is 1. The van der Waals surface area contributed by atoms with Crippen LogP contribution in [0.2, 0.25) is 0 Å². The summed E-state index contributed by atoms with van der Waals surface area (Å²) >= 11 is 0. The summed E-state index contributed by atoms with van der Waals surface area (Å²) in [7, 11) is 0. The van der Waals surface area contributed by atoms with E-state index < -0.39 is 0 Å². The summed E-state index contributed by atoms with van der Waals surface area (Å²) in [5, 5.41) is 3.49. The van der Waals surface area contributed by atoms with Gasteiger partial charge < -0.3 is 5.32 Å². The molecule has 1 aromatic rings. The van der Waals surface area contributed by atoms with E-state index in [-0.39, 0.29) is 0 Å². The molecule has 0 bridgehead atoms. The van der Waals surface area contributed by atoms with Crippen molar-refractivity contribution in [2.24, 2.45) is 5.92 Å². The number of rotatable bonds is 6. The Kier molecular flexibility index (Phi) is 5.41. The van der Waals surface area contributed by atoms with Crippen LogP contribution in [0.1, 0.15) is 38.7 Å². The molecule has 0 fully saturated rings. The first-order valence-corrected chi connectivity index (χ1v) is 6.01. The SMILES string of the molecule is CCCNCC(C)C(C)c1ccccc1. The maximum atomic E-state index is 3.49. The van der Waals surface area contributed by atoms with Crippen LogP contribution in [0.15, 0.2) is 30.3 Å². The molecule has 0 radical (unpaired) electrons. The van der Waals surface area contributed by atoms with Gasteiger partial charge in [-0.1, -0.05) is 51.1 Å². The van der Waals surface area contributed by atoms with E-state index in [0.717, 1.165) is 13.1 Å². The topological polar surface area (TPSA) is 12.0 Å². The highest BCUT2D eigenvalue weighted by molar-refractivity contribution is 5.19. The van der Waals surface area contributed by atoms with Gasteiger partial charge in [-0.3, -0.25) is 0 Å². The van der Waals surface area contributed by atoms with Gasteiger partial charge in [0.25, 0.3) is 0 Å². The Balaban J connectivity index is 2.42. The molecule has 15 heavy (non-hydrogen) atoms. The van der Waals surface area contributed by atoms with Crippen LogP contribution in [0, 0.1) is 5.92 Å². The van der Waals surface area contributed by atoms with Gasteiger partial charge in [0.2, 0.25) is 0 Å². The van der Waals surface area contributed by atoms with Crippen LogP contribution >= 0.6 is 0 Å². The van der Waals surface area contributed by atoms with Crippen molar-refractivity contribution < 1.29 is 0 Å². The van der Waals surface area contributed by atoms with E-state index >= 15 is 0 Å². The highest BCUT2D eigenvalue weighted by Gasteiger charge is 2.12. The third-order valence-electron chi connectivity index (χ3n) is 3.07. The molecule has 0 aliphatic rings. The van der Waals surface area contributed by atoms with Crippen molar-refractivity contribution >= 4 is 0 Å². The fourth-order valence-corrected chi connectivity index (χ4v) is 1.77. The molecule has 1 nitrogen and oxygen atoms in total. The van der Waals surface area contributed by atoms with Crippen LogP contribution in [0.5, 0.6) is 0 Å². The molecule has 2 atom stereocenters. The highest BCUT2D eigenvalue weighted by Crippen LogP contribution is 2.22. The van der Waals surface area contributed by atoms with Crippen LogP contribution in [0.25, 0.3) is 0 Å². The zero-order chi connectivity index (χ0) is 11.1. The highest BCUT2D eigenvalue weighted by atomic mass is 14.8. The van der Waals surface area contributed by atoms with Gasteiger partial charge in [-0.05, 0) is 36.9 Å². The summed E-state index contributed by atoms with van der Waals surface area (Å²) in [6.45, 7) is 9.09. The normalized spacial score (nSPS) is 14.9. The largest absolute Gasteiger partial charge is 0.316 e. The van der Waals surface area contributed by atoms with Crippen LogP contribution in [-0.4, -0.2) is 13.1 Å². The van der Waals surface area contributed by atoms with E-state index in [1.165, 1.54) is 12.0 Å². The van der Waals surface area contributed by atoms with E-state index in [0.29, 0.717) is 11.8 Å². The van der Waals surface area contributed by atoms with E-state index in [1.807, 2.05) is 0 Å². The van der Waals surface area contributed by atoms with E-state index in [4.69, 9.17) is 0 Å². The average molecular weight is 205 g/mol. The summed E-state index contributed by atoms with van der Waals surface area (Å²) in [5.74, 6) is 1.33. The maximum Gasteiger partial charge on any atom is -0.00174 e. The van der Waals surface area contributed by atoms with Gasteiger partial charge in [-0.25, -0.2) is 0 Å². The van der Waals surface area contributed by atoms with Crippen molar-refractivity contribution in [3.05, 3.63) is 35.9 Å². The van der Waals surface area contributed by atoms with Gasteiger partial charge in [0.05, 0.1) is 0 Å². The van der Waals surface area contributed by atoms with Crippen LogP contribution in [-0.2, 0) is 0 Å². The summed E-state index contributed by atoms with van der Waals surface area (Å²) < 4.78 is 0. The first-order chi connectivity index (χ1) is 7.25. The second-order valence-corrected chi connectivity index (χ2v) is 4.38. The minimum absolute atomic E-state index is 0.635. The first kappa shape index (κ1) is 12.3. The lowest BCUT2D eigenvalue weighted by molar-refractivity contribution is 0.448. The lowest BCUT2D eigenvalue weighted by Gasteiger charge is -2.20. The van der Waals surface area contributed by atoms with Crippen molar-refractivity contribution in [3.8, 4) is 0 Å². The van der Waals surface area contributed by atoms with Crippen molar-refractivity contribution in [1.29, 1.82) is 0 Å². The molecule has 0 saturated heterocycles. The Bertz CT molecular complexity index is 255. The zero-order valence-electron chi connectivity index (χ0n) is 10.2. The molecule has 84 valence electrons. The number of nitrogens with one attached hydrogen (secondary N) is 1. The zero-order valence-corrected chi connectivity index (χ0v) is 10.2. The summed E-state index contributed by atoms with van der Waals surface area (Å²) in [5.41, 5.74) is 1.45. The van der Waals surface area contributed by atoms with Crippen LogP contribution < -0.4 is 5.32 Å². The van der Waals surface area contributed by atoms with Crippen LogP contribution in [0.4, 0.5) is 0 Å². The molecular formula is C14H23N. The predicted molar refractivity (Wildman–Crippen MR) is 67.2 cm³/mol. The minimum Gasteiger partial charge on any atom is -0.316 e. The molecule has 0 aliphatic heterocycles. The monoisotopic (exact) mass is 205 g/mol. The molecule has 1 N–H and O–H groups in total. The number of benzene rings is 1. The van der Waals surface area contributed by atoms with Gasteiger partial charge in [0.15, 0.2) is 0 Å². The van der Waals surface area contributed by atoms with Crippen LogP contribution in [0.3, 0.4) is 0 Å². The predicted octanol–water partition coefficient (Wildman–Crippen LogP) is 3.43. The standard InChI is InChI=1S/C14H23N/c1-4-10-15-11-12(2)13(3)14-8-6-5-7-9-14/h5-9,12-13,15H,4,10-11H2,1-3H3. The van der Waals surface area contributed by atoms with Crippen molar-refractivity contribution in [3.63, 3.8) is 0 Å². The molecule has 0 aromatic heterocycles. The maximum absolute atomic E-state index is 3.49. The van der Waals surface area contributed by atoms with E-state index in [9.17, 15) is 0 Å². The second kappa shape index (κ2) is 6.62. The fraction of sp³-hybridized carbons (Fsp3) is 0.571. The second-order valence-electron chi connectivity index (χ2n) is 4.38. The summed E-state index contributed by atoms with van der Waals surface area (Å²) in [6.07, 6.45) is 1.21. The Morgan fingerprint density at radius 2 is 1.80 bits per heavy atom. The Morgan fingerprint density at radius 1 is 1.13 bits per heavy atom. The fourth-order valence-electron chi connectivity index (χ4n) is 1.77. The smallest absolute Gasteiger partial charge is 0.00174 e. The van der Waals surface area contributed by atoms with Gasteiger partial charge in [0.1, 0.15) is 0 Å². The van der Waals surface area contributed by atoms with Gasteiger partial charge in [-0.2, -0.15) is 0 Å². The van der Waals surface area contributed by atoms with Gasteiger partial charge in [-0.15, -0.1) is 0 Å². The quantitative estimate of drug-likeness (QED) is 0.702. The van der Waals surface area contributed by atoms with E-state index in [1.54, 1.807) is 0 Å². The minimum atomic E-state index is 0.635. The first-order valence-electron chi connectivity index (χ1n) is 6.01. The van der Waals surface area contributed by atoms with E-state index in [2.05, 4.69) is 56.4 Å². The summed E-state index contributed by atoms with van der Waals surface area (Å²) in [4.78, 5) is 0. The van der Waals surface area contributed by atoms with Crippen molar-refractivity contribution in [2.45, 2.75) is 33.1 Å². The average Bonchev–Trinajstić information content (AvgIpc) is 2.29. The molecule has 0 saturated carbocycles.